The first-order chi connectivity index (χ1) is 16.9. The average Bonchev–Trinajstić information content (AvgIpc) is 3.23. The summed E-state index contributed by atoms with van der Waals surface area (Å²) in [5.74, 6) is 0. The van der Waals surface area contributed by atoms with Crippen molar-refractivity contribution >= 4 is 33.4 Å². The maximum absolute atomic E-state index is 13.2. The Kier molecular flexibility index (Phi) is 8.97. The van der Waals surface area contributed by atoms with Gasteiger partial charge in [0.15, 0.2) is 0 Å². The fraction of sp³-hybridized carbons (Fsp3) is 0.480. The van der Waals surface area contributed by atoms with E-state index in [0.717, 1.165) is 30.5 Å². The molecule has 11 heteroatoms. The van der Waals surface area contributed by atoms with Crippen LogP contribution in [0.4, 0.5) is 10.5 Å². The van der Waals surface area contributed by atoms with Gasteiger partial charge in [0.1, 0.15) is 5.60 Å². The van der Waals surface area contributed by atoms with Gasteiger partial charge in [-0.1, -0.05) is 23.7 Å². The van der Waals surface area contributed by atoms with Crippen LogP contribution in [0.1, 0.15) is 52.0 Å². The van der Waals surface area contributed by atoms with Gasteiger partial charge in [-0.3, -0.25) is 10.1 Å². The van der Waals surface area contributed by atoms with E-state index in [1.807, 2.05) is 24.3 Å². The maximum Gasteiger partial charge on any atom is 0.410 e. The van der Waals surface area contributed by atoms with E-state index < -0.39 is 32.7 Å². The molecule has 0 saturated heterocycles. The largest absolute Gasteiger partial charge is 0.444 e. The van der Waals surface area contributed by atoms with Crippen molar-refractivity contribution in [2.75, 3.05) is 6.54 Å². The molecule has 0 radical (unpaired) electrons. The lowest BCUT2D eigenvalue weighted by molar-refractivity contribution is -0.384. The van der Waals surface area contributed by atoms with Crippen molar-refractivity contribution in [3.63, 3.8) is 0 Å². The lowest BCUT2D eigenvalue weighted by Crippen LogP contribution is -2.52. The van der Waals surface area contributed by atoms with Gasteiger partial charge in [-0.2, -0.15) is 0 Å². The van der Waals surface area contributed by atoms with Crippen LogP contribution in [0.3, 0.4) is 0 Å². The summed E-state index contributed by atoms with van der Waals surface area (Å²) in [4.78, 5) is 25.0. The summed E-state index contributed by atoms with van der Waals surface area (Å²) < 4.78 is 34.5. The summed E-state index contributed by atoms with van der Waals surface area (Å²) in [6, 6.07) is 11.4. The lowest BCUT2D eigenvalue weighted by atomic mass is 10.1. The number of carbonyl (C=O) groups excluding carboxylic acids is 1. The number of nitro groups is 1. The first-order valence-corrected chi connectivity index (χ1v) is 13.7. The zero-order valence-corrected chi connectivity index (χ0v) is 22.2. The predicted molar refractivity (Wildman–Crippen MR) is 138 cm³/mol. The van der Waals surface area contributed by atoms with Crippen LogP contribution in [0.15, 0.2) is 53.4 Å². The highest BCUT2D eigenvalue weighted by molar-refractivity contribution is 7.89. The van der Waals surface area contributed by atoms with Crippen molar-refractivity contribution < 1.29 is 22.9 Å². The zero-order valence-electron chi connectivity index (χ0n) is 20.6. The molecule has 1 N–H and O–H groups in total. The van der Waals surface area contributed by atoms with Crippen LogP contribution in [0, 0.1) is 10.1 Å². The van der Waals surface area contributed by atoms with E-state index in [2.05, 4.69) is 4.72 Å². The normalized spacial score (nSPS) is 18.1. The number of nitrogens with one attached hydrogen (secondary N) is 1. The molecule has 0 unspecified atom stereocenters. The Morgan fingerprint density at radius 1 is 1.14 bits per heavy atom. The van der Waals surface area contributed by atoms with E-state index in [1.54, 1.807) is 25.7 Å². The third-order valence-electron chi connectivity index (χ3n) is 5.95. The summed E-state index contributed by atoms with van der Waals surface area (Å²) in [5.41, 5.74) is 0.201. The smallest absolute Gasteiger partial charge is 0.410 e. The highest BCUT2D eigenvalue weighted by Gasteiger charge is 2.38. The van der Waals surface area contributed by atoms with Crippen molar-refractivity contribution in [2.24, 2.45) is 0 Å². The van der Waals surface area contributed by atoms with Crippen molar-refractivity contribution in [3.05, 3.63) is 69.2 Å². The topological polar surface area (TPSA) is 119 Å². The molecule has 1 aliphatic carbocycles. The Balaban J connectivity index is 1.75. The maximum atomic E-state index is 13.2. The third kappa shape index (κ3) is 7.65. The van der Waals surface area contributed by atoms with Gasteiger partial charge in [0.25, 0.3) is 5.69 Å². The van der Waals surface area contributed by atoms with Crippen LogP contribution in [0.5, 0.6) is 0 Å². The Labute approximate surface area is 217 Å². The SMILES string of the molecule is CC(C)(C)OC(=O)N(CCCc1ccc(Cl)cc1)[C@@H]1CCC[C@H]1NS(=O)(=O)c1ccc([N+](=O)[O-])cc1. The zero-order chi connectivity index (χ0) is 26.5. The van der Waals surface area contributed by atoms with Gasteiger partial charge in [0.2, 0.25) is 10.0 Å². The summed E-state index contributed by atoms with van der Waals surface area (Å²) in [6.07, 6.45) is 2.85. The molecule has 0 aliphatic heterocycles. The van der Waals surface area contributed by atoms with Crippen molar-refractivity contribution in [3.8, 4) is 0 Å². The summed E-state index contributed by atoms with van der Waals surface area (Å²) in [7, 11) is -3.94. The molecular weight excluding hydrogens is 506 g/mol. The second-order valence-electron chi connectivity index (χ2n) is 9.88. The van der Waals surface area contributed by atoms with Gasteiger partial charge in [0.05, 0.1) is 15.9 Å². The minimum absolute atomic E-state index is 0.0645. The average molecular weight is 538 g/mol. The molecule has 1 saturated carbocycles. The lowest BCUT2D eigenvalue weighted by Gasteiger charge is -2.35. The molecule has 2 aromatic rings. The van der Waals surface area contributed by atoms with E-state index in [0.29, 0.717) is 30.8 Å². The number of non-ortho nitro benzene ring substituents is 1. The third-order valence-corrected chi connectivity index (χ3v) is 7.71. The van der Waals surface area contributed by atoms with Gasteiger partial charge in [0, 0.05) is 29.7 Å². The number of nitrogens with zero attached hydrogens (tertiary/aromatic N) is 2. The molecule has 9 nitrogen and oxygen atoms in total. The van der Waals surface area contributed by atoms with Gasteiger partial charge < -0.3 is 9.64 Å². The van der Waals surface area contributed by atoms with E-state index >= 15 is 0 Å². The number of carbonyl (C=O) groups is 1. The molecule has 1 amide bonds. The summed E-state index contributed by atoms with van der Waals surface area (Å²) >= 11 is 5.96. The number of amides is 1. The second kappa shape index (κ2) is 11.6. The van der Waals surface area contributed by atoms with E-state index in [9.17, 15) is 23.3 Å². The minimum Gasteiger partial charge on any atom is -0.444 e. The quantitative estimate of drug-likeness (QED) is 0.341. The Hall–Kier alpha value is -2.69. The van der Waals surface area contributed by atoms with Gasteiger partial charge in [-0.25, -0.2) is 17.9 Å². The highest BCUT2D eigenvalue weighted by atomic mass is 35.5. The van der Waals surface area contributed by atoms with Crippen LogP contribution in [-0.2, 0) is 21.2 Å². The number of benzene rings is 2. The molecule has 0 aromatic heterocycles. The van der Waals surface area contributed by atoms with Gasteiger partial charge in [-0.05, 0) is 82.7 Å². The van der Waals surface area contributed by atoms with Gasteiger partial charge >= 0.3 is 6.09 Å². The predicted octanol–water partition coefficient (Wildman–Crippen LogP) is 5.32. The molecule has 196 valence electrons. The number of nitro benzene ring substituents is 1. The van der Waals surface area contributed by atoms with Crippen LogP contribution in [0.25, 0.3) is 0 Å². The standard InChI is InChI=1S/C25H32ClN3O6S/c1-25(2,3)35-24(30)28(17-5-6-18-9-11-19(26)12-10-18)23-8-4-7-22(23)27-36(33,34)21-15-13-20(14-16-21)29(31)32/h9-16,22-23,27H,4-8,17H2,1-3H3/t22-,23-/m1/s1. The molecule has 1 fully saturated rings. The molecule has 2 atom stereocenters. The first kappa shape index (κ1) is 27.9. The Bertz CT molecular complexity index is 1160. The number of ether oxygens (including phenoxy) is 1. The molecule has 3 rings (SSSR count). The molecule has 0 heterocycles. The van der Waals surface area contributed by atoms with Crippen LogP contribution in [-0.4, -0.2) is 48.6 Å². The number of rotatable bonds is 9. The molecular formula is C25H32ClN3O6S. The van der Waals surface area contributed by atoms with Gasteiger partial charge in [-0.15, -0.1) is 0 Å². The van der Waals surface area contributed by atoms with Crippen LogP contribution in [0.2, 0.25) is 5.02 Å². The fourth-order valence-electron chi connectivity index (χ4n) is 4.28. The number of hydrogen-bond donors (Lipinski definition) is 1. The van der Waals surface area contributed by atoms with E-state index in [-0.39, 0.29) is 16.6 Å². The monoisotopic (exact) mass is 537 g/mol. The number of sulfonamides is 1. The summed E-state index contributed by atoms with van der Waals surface area (Å²) in [5, 5.41) is 11.6. The summed E-state index contributed by atoms with van der Waals surface area (Å²) in [6.45, 7) is 5.78. The molecule has 0 spiro atoms. The molecule has 1 aliphatic rings. The highest BCUT2D eigenvalue weighted by Crippen LogP contribution is 2.28. The number of aryl methyl sites for hydroxylation is 1. The van der Waals surface area contributed by atoms with E-state index in [1.165, 1.54) is 12.1 Å². The Morgan fingerprint density at radius 2 is 1.78 bits per heavy atom. The fourth-order valence-corrected chi connectivity index (χ4v) is 5.71. The number of halogens is 1. The molecule has 0 bridgehead atoms. The molecule has 2 aromatic carbocycles. The van der Waals surface area contributed by atoms with Crippen molar-refractivity contribution in [2.45, 2.75) is 75.5 Å². The second-order valence-corrected chi connectivity index (χ2v) is 12.0. The van der Waals surface area contributed by atoms with Crippen molar-refractivity contribution in [1.29, 1.82) is 0 Å². The number of hydrogen-bond acceptors (Lipinski definition) is 6. The molecule has 36 heavy (non-hydrogen) atoms. The van der Waals surface area contributed by atoms with Crippen LogP contribution >= 0.6 is 11.6 Å². The Morgan fingerprint density at radius 3 is 2.36 bits per heavy atom. The minimum atomic E-state index is -3.94. The van der Waals surface area contributed by atoms with Crippen molar-refractivity contribution in [1.82, 2.24) is 9.62 Å². The van der Waals surface area contributed by atoms with Crippen LogP contribution < -0.4 is 4.72 Å². The van der Waals surface area contributed by atoms with E-state index in [4.69, 9.17) is 16.3 Å². The first-order valence-electron chi connectivity index (χ1n) is 11.9.